The first-order valence-electron chi connectivity index (χ1n) is 8.04. The van der Waals surface area contributed by atoms with Gasteiger partial charge in [-0.25, -0.2) is 0 Å². The van der Waals surface area contributed by atoms with Crippen molar-refractivity contribution in [1.29, 1.82) is 0 Å². The lowest BCUT2D eigenvalue weighted by Crippen LogP contribution is -2.37. The largest absolute Gasteiger partial charge is 0.316 e. The second-order valence-corrected chi connectivity index (χ2v) is 5.80. The maximum Gasteiger partial charge on any atom is 0.0624 e. The van der Waals surface area contributed by atoms with Gasteiger partial charge >= 0.3 is 0 Å². The molecule has 1 N–H and O–H groups in total. The van der Waals surface area contributed by atoms with Crippen molar-refractivity contribution in [3.05, 3.63) is 17.5 Å². The van der Waals surface area contributed by atoms with E-state index in [9.17, 15) is 0 Å². The van der Waals surface area contributed by atoms with Crippen LogP contribution in [0.5, 0.6) is 0 Å². The molecule has 1 fully saturated rings. The van der Waals surface area contributed by atoms with Crippen molar-refractivity contribution in [2.24, 2.45) is 11.8 Å². The number of rotatable bonds is 8. The SMILES string of the molecule is CCCNCC1CCC1Cc1cc(CC)nn1CC. The summed E-state index contributed by atoms with van der Waals surface area (Å²) < 4.78 is 2.20. The zero-order valence-corrected chi connectivity index (χ0v) is 12.8. The average molecular weight is 263 g/mol. The monoisotopic (exact) mass is 263 g/mol. The molecular weight excluding hydrogens is 234 g/mol. The Morgan fingerprint density at radius 3 is 2.63 bits per heavy atom. The Kier molecular flexibility index (Phi) is 5.44. The fourth-order valence-corrected chi connectivity index (χ4v) is 3.03. The van der Waals surface area contributed by atoms with Crippen LogP contribution < -0.4 is 5.32 Å². The molecule has 1 aliphatic carbocycles. The molecule has 2 unspecified atom stereocenters. The van der Waals surface area contributed by atoms with E-state index < -0.39 is 0 Å². The van der Waals surface area contributed by atoms with Gasteiger partial charge in [0.15, 0.2) is 0 Å². The molecule has 19 heavy (non-hydrogen) atoms. The molecule has 0 radical (unpaired) electrons. The Morgan fingerprint density at radius 2 is 2.05 bits per heavy atom. The van der Waals surface area contributed by atoms with Crippen LogP contribution in [0.2, 0.25) is 0 Å². The van der Waals surface area contributed by atoms with Gasteiger partial charge in [-0.1, -0.05) is 13.8 Å². The van der Waals surface area contributed by atoms with Gasteiger partial charge in [0.2, 0.25) is 0 Å². The normalized spacial score (nSPS) is 22.5. The minimum atomic E-state index is 0.871. The zero-order valence-electron chi connectivity index (χ0n) is 12.8. The van der Waals surface area contributed by atoms with Crippen molar-refractivity contribution in [3.63, 3.8) is 0 Å². The number of aromatic nitrogens is 2. The van der Waals surface area contributed by atoms with E-state index in [4.69, 9.17) is 0 Å². The lowest BCUT2D eigenvalue weighted by Gasteiger charge is -2.37. The minimum absolute atomic E-state index is 0.871. The number of hydrogen-bond donors (Lipinski definition) is 1. The molecule has 3 nitrogen and oxygen atoms in total. The standard InChI is InChI=1S/C16H29N3/c1-4-9-17-12-14-8-7-13(14)10-16-11-15(5-2)18-19(16)6-3/h11,13-14,17H,4-10,12H2,1-3H3. The molecule has 0 saturated heterocycles. The number of hydrogen-bond acceptors (Lipinski definition) is 2. The summed E-state index contributed by atoms with van der Waals surface area (Å²) in [4.78, 5) is 0. The number of nitrogens with zero attached hydrogens (tertiary/aromatic N) is 2. The van der Waals surface area contributed by atoms with E-state index in [0.717, 1.165) is 31.3 Å². The van der Waals surface area contributed by atoms with Crippen LogP contribution in [0.1, 0.15) is 51.4 Å². The molecule has 1 saturated carbocycles. The maximum atomic E-state index is 4.66. The predicted molar refractivity (Wildman–Crippen MR) is 80.4 cm³/mol. The van der Waals surface area contributed by atoms with Gasteiger partial charge in [-0.2, -0.15) is 5.10 Å². The van der Waals surface area contributed by atoms with E-state index in [1.807, 2.05) is 0 Å². The molecule has 1 aromatic heterocycles. The van der Waals surface area contributed by atoms with Crippen LogP contribution in [0.25, 0.3) is 0 Å². The molecule has 108 valence electrons. The van der Waals surface area contributed by atoms with Gasteiger partial charge in [-0.15, -0.1) is 0 Å². The summed E-state index contributed by atoms with van der Waals surface area (Å²) in [6.45, 7) is 9.98. The van der Waals surface area contributed by atoms with Crippen LogP contribution in [0.3, 0.4) is 0 Å². The molecule has 2 atom stereocenters. The topological polar surface area (TPSA) is 29.9 Å². The van der Waals surface area contributed by atoms with Crippen molar-refractivity contribution >= 4 is 0 Å². The highest BCUT2D eigenvalue weighted by molar-refractivity contribution is 5.12. The van der Waals surface area contributed by atoms with Crippen molar-refractivity contribution < 1.29 is 0 Å². The van der Waals surface area contributed by atoms with E-state index in [1.54, 1.807) is 0 Å². The van der Waals surface area contributed by atoms with E-state index in [0.29, 0.717) is 0 Å². The van der Waals surface area contributed by atoms with Crippen molar-refractivity contribution in [2.75, 3.05) is 13.1 Å². The van der Waals surface area contributed by atoms with Crippen LogP contribution in [0.15, 0.2) is 6.07 Å². The van der Waals surface area contributed by atoms with Crippen LogP contribution in [0.4, 0.5) is 0 Å². The summed E-state index contributed by atoms with van der Waals surface area (Å²) in [5.41, 5.74) is 2.70. The second kappa shape index (κ2) is 7.09. The molecule has 1 aromatic rings. The summed E-state index contributed by atoms with van der Waals surface area (Å²) in [6.07, 6.45) is 6.31. The van der Waals surface area contributed by atoms with Gasteiger partial charge in [-0.3, -0.25) is 4.68 Å². The summed E-state index contributed by atoms with van der Waals surface area (Å²) in [5.74, 6) is 1.76. The van der Waals surface area contributed by atoms with E-state index in [1.165, 1.54) is 43.6 Å². The molecular formula is C16H29N3. The Labute approximate surface area is 117 Å². The smallest absolute Gasteiger partial charge is 0.0624 e. The molecule has 2 rings (SSSR count). The third-order valence-electron chi connectivity index (χ3n) is 4.46. The lowest BCUT2D eigenvalue weighted by molar-refractivity contribution is 0.168. The van der Waals surface area contributed by atoms with Gasteiger partial charge in [0.05, 0.1) is 5.69 Å². The third kappa shape index (κ3) is 3.59. The van der Waals surface area contributed by atoms with Crippen LogP contribution >= 0.6 is 0 Å². The van der Waals surface area contributed by atoms with Crippen molar-refractivity contribution in [3.8, 4) is 0 Å². The van der Waals surface area contributed by atoms with E-state index in [-0.39, 0.29) is 0 Å². The molecule has 1 heterocycles. The first-order valence-corrected chi connectivity index (χ1v) is 8.04. The van der Waals surface area contributed by atoms with Crippen LogP contribution in [-0.4, -0.2) is 22.9 Å². The van der Waals surface area contributed by atoms with Gasteiger partial charge in [-0.05, 0) is 70.0 Å². The second-order valence-electron chi connectivity index (χ2n) is 5.80. The molecule has 3 heteroatoms. The first kappa shape index (κ1) is 14.6. The summed E-state index contributed by atoms with van der Waals surface area (Å²) in [6, 6.07) is 2.32. The third-order valence-corrected chi connectivity index (χ3v) is 4.46. The Hall–Kier alpha value is -0.830. The van der Waals surface area contributed by atoms with Gasteiger partial charge < -0.3 is 5.32 Å². The molecule has 0 aliphatic heterocycles. The van der Waals surface area contributed by atoms with Gasteiger partial charge in [0, 0.05) is 12.2 Å². The highest BCUT2D eigenvalue weighted by Gasteiger charge is 2.31. The van der Waals surface area contributed by atoms with Gasteiger partial charge in [0.1, 0.15) is 0 Å². The highest BCUT2D eigenvalue weighted by atomic mass is 15.3. The Balaban J connectivity index is 1.88. The number of nitrogens with one attached hydrogen (secondary N) is 1. The quantitative estimate of drug-likeness (QED) is 0.731. The van der Waals surface area contributed by atoms with Crippen LogP contribution in [0, 0.1) is 11.8 Å². The molecule has 1 aliphatic rings. The Morgan fingerprint density at radius 1 is 1.26 bits per heavy atom. The minimum Gasteiger partial charge on any atom is -0.316 e. The lowest BCUT2D eigenvalue weighted by atomic mass is 9.71. The van der Waals surface area contributed by atoms with E-state index >= 15 is 0 Å². The van der Waals surface area contributed by atoms with Crippen LogP contribution in [-0.2, 0) is 19.4 Å². The predicted octanol–water partition coefficient (Wildman–Crippen LogP) is 3.03. The van der Waals surface area contributed by atoms with E-state index in [2.05, 4.69) is 41.9 Å². The summed E-state index contributed by atoms with van der Waals surface area (Å²) in [7, 11) is 0. The molecule has 0 spiro atoms. The zero-order chi connectivity index (χ0) is 13.7. The number of aryl methyl sites for hydroxylation is 2. The fraction of sp³-hybridized carbons (Fsp3) is 0.812. The molecule has 0 aromatic carbocycles. The maximum absolute atomic E-state index is 4.66. The average Bonchev–Trinajstić information content (AvgIpc) is 2.82. The molecule has 0 bridgehead atoms. The van der Waals surface area contributed by atoms with Crippen molar-refractivity contribution in [1.82, 2.24) is 15.1 Å². The summed E-state index contributed by atoms with van der Waals surface area (Å²) >= 11 is 0. The summed E-state index contributed by atoms with van der Waals surface area (Å²) in [5, 5.41) is 8.24. The Bertz CT molecular complexity index is 383. The molecule has 0 amide bonds. The first-order chi connectivity index (χ1) is 9.28. The highest BCUT2D eigenvalue weighted by Crippen LogP contribution is 2.36. The fourth-order valence-electron chi connectivity index (χ4n) is 3.03. The van der Waals surface area contributed by atoms with Gasteiger partial charge in [0.25, 0.3) is 0 Å². The van der Waals surface area contributed by atoms with Crippen molar-refractivity contribution in [2.45, 2.75) is 59.4 Å².